The summed E-state index contributed by atoms with van der Waals surface area (Å²) in [6.45, 7) is 1.02. The molecule has 0 saturated heterocycles. The first kappa shape index (κ1) is 13.8. The number of hydrogen-bond acceptors (Lipinski definition) is 3. The standard InChI is InChI=1S/C18H17N3O2/c22-18(16-8-5-11-23-16)20-14-7-2-1-6-13(14)15-12-21-10-4-3-9-17(21)19-15/h1-2,5-8,11-12H,3-4,9-10H2,(H,20,22). The number of anilines is 1. The molecule has 5 heteroatoms. The number of nitrogens with zero attached hydrogens (tertiary/aromatic N) is 2. The third-order valence-corrected chi connectivity index (χ3v) is 4.10. The lowest BCUT2D eigenvalue weighted by atomic mass is 10.1. The van der Waals surface area contributed by atoms with E-state index in [1.54, 1.807) is 12.1 Å². The highest BCUT2D eigenvalue weighted by atomic mass is 16.3. The highest BCUT2D eigenvalue weighted by molar-refractivity contribution is 6.04. The van der Waals surface area contributed by atoms with Gasteiger partial charge >= 0.3 is 0 Å². The summed E-state index contributed by atoms with van der Waals surface area (Å²) >= 11 is 0. The predicted octanol–water partition coefficient (Wildman–Crippen LogP) is 3.73. The number of aryl methyl sites for hydroxylation is 2. The minimum atomic E-state index is -0.258. The summed E-state index contributed by atoms with van der Waals surface area (Å²) in [4.78, 5) is 17.0. The lowest BCUT2D eigenvalue weighted by Gasteiger charge is -2.11. The van der Waals surface area contributed by atoms with Crippen LogP contribution in [0.2, 0.25) is 0 Å². The van der Waals surface area contributed by atoms with E-state index in [0.29, 0.717) is 5.76 Å². The lowest BCUT2D eigenvalue weighted by Crippen LogP contribution is -2.11. The van der Waals surface area contributed by atoms with Crippen molar-refractivity contribution in [2.24, 2.45) is 0 Å². The maximum atomic E-state index is 12.2. The number of furan rings is 1. The number of carbonyl (C=O) groups excluding carboxylic acids is 1. The molecule has 5 nitrogen and oxygen atoms in total. The molecule has 0 unspecified atom stereocenters. The molecule has 3 heterocycles. The average Bonchev–Trinajstić information content (AvgIpc) is 3.25. The van der Waals surface area contributed by atoms with Crippen molar-refractivity contribution >= 4 is 11.6 Å². The van der Waals surface area contributed by atoms with Crippen LogP contribution >= 0.6 is 0 Å². The topological polar surface area (TPSA) is 60.1 Å². The minimum absolute atomic E-state index is 0.258. The molecule has 0 spiro atoms. The first-order chi connectivity index (χ1) is 11.3. The van der Waals surface area contributed by atoms with Crippen LogP contribution in [0.3, 0.4) is 0 Å². The average molecular weight is 307 g/mol. The van der Waals surface area contributed by atoms with E-state index in [-0.39, 0.29) is 5.91 Å². The Morgan fingerprint density at radius 3 is 2.91 bits per heavy atom. The number of para-hydroxylation sites is 1. The van der Waals surface area contributed by atoms with Gasteiger partial charge in [0.2, 0.25) is 0 Å². The van der Waals surface area contributed by atoms with Crippen LogP contribution in [0.25, 0.3) is 11.3 Å². The second-order valence-electron chi connectivity index (χ2n) is 5.67. The summed E-state index contributed by atoms with van der Waals surface area (Å²) in [5.74, 6) is 1.16. The number of rotatable bonds is 3. The molecule has 4 rings (SSSR count). The lowest BCUT2D eigenvalue weighted by molar-refractivity contribution is 0.0996. The Labute approximate surface area is 134 Å². The van der Waals surface area contributed by atoms with E-state index < -0.39 is 0 Å². The SMILES string of the molecule is O=C(Nc1ccccc1-c1cn2c(n1)CCCC2)c1ccco1. The summed E-state index contributed by atoms with van der Waals surface area (Å²) in [5.41, 5.74) is 2.57. The molecule has 1 aliphatic rings. The van der Waals surface area contributed by atoms with Gasteiger partial charge in [0, 0.05) is 24.7 Å². The number of nitrogens with one attached hydrogen (secondary N) is 1. The normalized spacial score (nSPS) is 13.6. The Morgan fingerprint density at radius 2 is 2.09 bits per heavy atom. The van der Waals surface area contributed by atoms with Gasteiger partial charge in [-0.25, -0.2) is 4.98 Å². The second-order valence-corrected chi connectivity index (χ2v) is 5.67. The smallest absolute Gasteiger partial charge is 0.291 e. The van der Waals surface area contributed by atoms with E-state index in [1.165, 1.54) is 19.1 Å². The van der Waals surface area contributed by atoms with Gasteiger partial charge < -0.3 is 14.3 Å². The molecule has 0 fully saturated rings. The number of benzene rings is 1. The Kier molecular flexibility index (Phi) is 3.46. The molecule has 23 heavy (non-hydrogen) atoms. The van der Waals surface area contributed by atoms with Crippen LogP contribution in [0.15, 0.2) is 53.3 Å². The first-order valence-corrected chi connectivity index (χ1v) is 7.81. The van der Waals surface area contributed by atoms with Gasteiger partial charge in [-0.3, -0.25) is 4.79 Å². The third-order valence-electron chi connectivity index (χ3n) is 4.10. The summed E-state index contributed by atoms with van der Waals surface area (Å²) in [6, 6.07) is 11.1. The van der Waals surface area contributed by atoms with Gasteiger partial charge in [-0.15, -0.1) is 0 Å². The molecule has 0 radical (unpaired) electrons. The quantitative estimate of drug-likeness (QED) is 0.802. The van der Waals surface area contributed by atoms with Crippen LogP contribution in [0.4, 0.5) is 5.69 Å². The van der Waals surface area contributed by atoms with Crippen molar-refractivity contribution in [1.29, 1.82) is 0 Å². The van der Waals surface area contributed by atoms with Crippen molar-refractivity contribution in [3.05, 3.63) is 60.4 Å². The molecular formula is C18H17N3O2. The summed E-state index contributed by atoms with van der Waals surface area (Å²) in [6.07, 6.45) is 6.96. The molecule has 0 atom stereocenters. The van der Waals surface area contributed by atoms with Crippen LogP contribution < -0.4 is 5.32 Å². The van der Waals surface area contributed by atoms with Crippen molar-refractivity contribution in [3.63, 3.8) is 0 Å². The highest BCUT2D eigenvalue weighted by Gasteiger charge is 2.17. The molecule has 2 aromatic heterocycles. The summed E-state index contributed by atoms with van der Waals surface area (Å²) in [5, 5.41) is 2.91. The Balaban J connectivity index is 1.67. The van der Waals surface area contributed by atoms with Crippen LogP contribution in [0.5, 0.6) is 0 Å². The zero-order chi connectivity index (χ0) is 15.6. The van der Waals surface area contributed by atoms with Crippen molar-refractivity contribution in [3.8, 4) is 11.3 Å². The van der Waals surface area contributed by atoms with Gasteiger partial charge in [0.1, 0.15) is 5.82 Å². The van der Waals surface area contributed by atoms with Gasteiger partial charge in [0.25, 0.3) is 5.91 Å². The van der Waals surface area contributed by atoms with E-state index in [0.717, 1.165) is 35.7 Å². The van der Waals surface area contributed by atoms with Gasteiger partial charge in [-0.1, -0.05) is 18.2 Å². The number of fused-ring (bicyclic) bond motifs is 1. The van der Waals surface area contributed by atoms with Crippen LogP contribution in [0.1, 0.15) is 29.2 Å². The van der Waals surface area contributed by atoms with E-state index in [4.69, 9.17) is 9.40 Å². The fraction of sp³-hybridized carbons (Fsp3) is 0.222. The largest absolute Gasteiger partial charge is 0.459 e. The monoisotopic (exact) mass is 307 g/mol. The fourth-order valence-corrected chi connectivity index (χ4v) is 2.95. The zero-order valence-electron chi connectivity index (χ0n) is 12.7. The number of amides is 1. The Hall–Kier alpha value is -2.82. The molecule has 1 aromatic carbocycles. The molecule has 0 saturated carbocycles. The first-order valence-electron chi connectivity index (χ1n) is 7.81. The van der Waals surface area contributed by atoms with Gasteiger partial charge in [-0.2, -0.15) is 0 Å². The van der Waals surface area contributed by atoms with Gasteiger partial charge in [0.15, 0.2) is 5.76 Å². The summed E-state index contributed by atoms with van der Waals surface area (Å²) in [7, 11) is 0. The molecule has 1 amide bonds. The second kappa shape index (κ2) is 5.76. The van der Waals surface area contributed by atoms with E-state index >= 15 is 0 Å². The Bertz CT molecular complexity index is 810. The predicted molar refractivity (Wildman–Crippen MR) is 87.3 cm³/mol. The molecule has 0 aliphatic carbocycles. The maximum absolute atomic E-state index is 12.2. The van der Waals surface area contributed by atoms with Crippen LogP contribution in [0, 0.1) is 0 Å². The number of imidazole rings is 1. The molecular weight excluding hydrogens is 290 g/mol. The van der Waals surface area contributed by atoms with Crippen molar-refractivity contribution < 1.29 is 9.21 Å². The Morgan fingerprint density at radius 1 is 1.17 bits per heavy atom. The summed E-state index contributed by atoms with van der Waals surface area (Å²) < 4.78 is 7.36. The van der Waals surface area contributed by atoms with E-state index in [2.05, 4.69) is 16.1 Å². The van der Waals surface area contributed by atoms with Crippen molar-refractivity contribution in [1.82, 2.24) is 9.55 Å². The molecule has 1 N–H and O–H groups in total. The van der Waals surface area contributed by atoms with Crippen LogP contribution in [-0.2, 0) is 13.0 Å². The van der Waals surface area contributed by atoms with E-state index in [1.807, 2.05) is 24.3 Å². The fourth-order valence-electron chi connectivity index (χ4n) is 2.95. The number of hydrogen-bond donors (Lipinski definition) is 1. The minimum Gasteiger partial charge on any atom is -0.459 e. The highest BCUT2D eigenvalue weighted by Crippen LogP contribution is 2.29. The third kappa shape index (κ3) is 2.65. The molecule has 3 aromatic rings. The zero-order valence-corrected chi connectivity index (χ0v) is 12.7. The molecule has 0 bridgehead atoms. The van der Waals surface area contributed by atoms with Gasteiger partial charge in [-0.05, 0) is 31.0 Å². The van der Waals surface area contributed by atoms with Crippen molar-refractivity contribution in [2.45, 2.75) is 25.8 Å². The van der Waals surface area contributed by atoms with Crippen molar-refractivity contribution in [2.75, 3.05) is 5.32 Å². The molecule has 116 valence electrons. The van der Waals surface area contributed by atoms with E-state index in [9.17, 15) is 4.79 Å². The number of aromatic nitrogens is 2. The van der Waals surface area contributed by atoms with Crippen LogP contribution in [-0.4, -0.2) is 15.5 Å². The van der Waals surface area contributed by atoms with Gasteiger partial charge in [0.05, 0.1) is 17.6 Å². The molecule has 1 aliphatic heterocycles. The maximum Gasteiger partial charge on any atom is 0.291 e. The number of carbonyl (C=O) groups is 1.